The number of aromatic nitrogens is 3. The van der Waals surface area contributed by atoms with E-state index >= 15 is 0 Å². The lowest BCUT2D eigenvalue weighted by Crippen LogP contribution is -2.50. The number of nitrogens with one attached hydrogen (secondary N) is 1. The maximum atomic E-state index is 12.9. The van der Waals surface area contributed by atoms with Crippen LogP contribution in [-0.2, 0) is 21.9 Å². The standard InChI is InChI=1S/C19H19F6N5O3/c1-11(12-6-14(19(23,24)25)16(32)26-7-12)33-10-15(31)29-2-4-30(5-3-29)17-27-8-13(9-28-17)18(20,21)22/h6-9,11H,2-5,10H2,1H3,(H,26,32). The Hall–Kier alpha value is -3.16. The van der Waals surface area contributed by atoms with Crippen molar-refractivity contribution in [3.8, 4) is 0 Å². The molecular weight excluding hydrogens is 460 g/mol. The monoisotopic (exact) mass is 479 g/mol. The first kappa shape index (κ1) is 24.5. The van der Waals surface area contributed by atoms with Crippen molar-refractivity contribution in [3.63, 3.8) is 0 Å². The number of hydrogen-bond acceptors (Lipinski definition) is 6. The molecule has 0 bridgehead atoms. The lowest BCUT2D eigenvalue weighted by Gasteiger charge is -2.34. The SMILES string of the molecule is CC(OCC(=O)N1CCN(c2ncc(C(F)(F)F)cn2)CC1)c1c[nH]c(=O)c(C(F)(F)F)c1. The summed E-state index contributed by atoms with van der Waals surface area (Å²) in [5, 5.41) is 0. The molecule has 1 aliphatic heterocycles. The van der Waals surface area contributed by atoms with Crippen LogP contribution >= 0.6 is 0 Å². The number of anilines is 1. The van der Waals surface area contributed by atoms with Gasteiger partial charge in [-0.25, -0.2) is 9.97 Å². The molecule has 180 valence electrons. The second kappa shape index (κ2) is 9.37. The van der Waals surface area contributed by atoms with Crippen LogP contribution in [0.3, 0.4) is 0 Å². The van der Waals surface area contributed by atoms with E-state index in [9.17, 15) is 35.9 Å². The van der Waals surface area contributed by atoms with Gasteiger partial charge in [0.2, 0.25) is 11.9 Å². The van der Waals surface area contributed by atoms with E-state index in [1.165, 1.54) is 11.8 Å². The number of piperazine rings is 1. The van der Waals surface area contributed by atoms with Crippen molar-refractivity contribution in [1.82, 2.24) is 19.9 Å². The number of aromatic amines is 1. The lowest BCUT2D eigenvalue weighted by atomic mass is 10.1. The number of amides is 1. The fourth-order valence-corrected chi connectivity index (χ4v) is 3.12. The number of carbonyl (C=O) groups is 1. The largest absolute Gasteiger partial charge is 0.421 e. The molecule has 1 unspecified atom stereocenters. The van der Waals surface area contributed by atoms with Gasteiger partial charge in [-0.1, -0.05) is 0 Å². The fourth-order valence-electron chi connectivity index (χ4n) is 3.12. The third-order valence-electron chi connectivity index (χ3n) is 5.04. The normalized spacial score (nSPS) is 16.1. The molecule has 1 atom stereocenters. The van der Waals surface area contributed by atoms with Crippen LogP contribution in [0.5, 0.6) is 0 Å². The molecule has 2 aromatic heterocycles. The highest BCUT2D eigenvalue weighted by Crippen LogP contribution is 2.29. The molecule has 1 saturated heterocycles. The van der Waals surface area contributed by atoms with Gasteiger partial charge in [0.15, 0.2) is 0 Å². The van der Waals surface area contributed by atoms with Gasteiger partial charge in [-0.05, 0) is 18.6 Å². The minimum Gasteiger partial charge on any atom is -0.364 e. The maximum Gasteiger partial charge on any atom is 0.421 e. The van der Waals surface area contributed by atoms with E-state index in [-0.39, 0.29) is 37.7 Å². The summed E-state index contributed by atoms with van der Waals surface area (Å²) in [6, 6.07) is 0.677. The molecule has 2 aromatic rings. The Bertz CT molecular complexity index is 1030. The van der Waals surface area contributed by atoms with E-state index in [0.29, 0.717) is 18.5 Å². The second-order valence-electron chi connectivity index (χ2n) is 7.26. The predicted molar refractivity (Wildman–Crippen MR) is 102 cm³/mol. The van der Waals surface area contributed by atoms with Crippen LogP contribution in [0.1, 0.15) is 29.7 Å². The number of pyridine rings is 1. The highest BCUT2D eigenvalue weighted by Gasteiger charge is 2.35. The highest BCUT2D eigenvalue weighted by molar-refractivity contribution is 5.77. The van der Waals surface area contributed by atoms with Gasteiger partial charge in [0.1, 0.15) is 12.2 Å². The van der Waals surface area contributed by atoms with Crippen molar-refractivity contribution < 1.29 is 35.9 Å². The molecule has 14 heteroatoms. The van der Waals surface area contributed by atoms with E-state index in [4.69, 9.17) is 4.74 Å². The molecule has 3 rings (SSSR count). The van der Waals surface area contributed by atoms with Gasteiger partial charge in [0, 0.05) is 44.8 Å². The molecule has 0 saturated carbocycles. The number of alkyl halides is 6. The summed E-state index contributed by atoms with van der Waals surface area (Å²) in [6.45, 7) is 2.07. The van der Waals surface area contributed by atoms with Crippen molar-refractivity contribution in [2.24, 2.45) is 0 Å². The quantitative estimate of drug-likeness (QED) is 0.664. The maximum absolute atomic E-state index is 12.9. The molecule has 8 nitrogen and oxygen atoms in total. The Morgan fingerprint density at radius 1 is 1.09 bits per heavy atom. The van der Waals surface area contributed by atoms with E-state index in [1.54, 1.807) is 4.90 Å². The highest BCUT2D eigenvalue weighted by atomic mass is 19.4. The van der Waals surface area contributed by atoms with Gasteiger partial charge in [-0.3, -0.25) is 9.59 Å². The number of rotatable bonds is 5. The van der Waals surface area contributed by atoms with Crippen molar-refractivity contribution in [1.29, 1.82) is 0 Å². The molecule has 33 heavy (non-hydrogen) atoms. The van der Waals surface area contributed by atoms with Crippen LogP contribution in [-0.4, -0.2) is 58.5 Å². The van der Waals surface area contributed by atoms with Crippen LogP contribution < -0.4 is 10.5 Å². The first-order chi connectivity index (χ1) is 15.4. The topological polar surface area (TPSA) is 91.4 Å². The molecule has 0 aliphatic carbocycles. The number of halogens is 6. The lowest BCUT2D eigenvalue weighted by molar-refractivity contribution is -0.140. The molecule has 1 amide bonds. The average Bonchev–Trinajstić information content (AvgIpc) is 2.76. The van der Waals surface area contributed by atoms with Crippen molar-refractivity contribution in [2.45, 2.75) is 25.4 Å². The molecule has 1 fully saturated rings. The fraction of sp³-hybridized carbons (Fsp3) is 0.474. The predicted octanol–water partition coefficient (Wildman–Crippen LogP) is 2.63. The van der Waals surface area contributed by atoms with E-state index in [1.807, 2.05) is 4.98 Å². The first-order valence-corrected chi connectivity index (χ1v) is 9.69. The van der Waals surface area contributed by atoms with Crippen molar-refractivity contribution in [3.05, 3.63) is 51.7 Å². The van der Waals surface area contributed by atoms with Crippen molar-refractivity contribution >= 4 is 11.9 Å². The summed E-state index contributed by atoms with van der Waals surface area (Å²) in [4.78, 5) is 36.3. The third-order valence-corrected chi connectivity index (χ3v) is 5.04. The van der Waals surface area contributed by atoms with E-state index in [0.717, 1.165) is 6.20 Å². The Kier molecular flexibility index (Phi) is 6.95. The number of hydrogen-bond donors (Lipinski definition) is 1. The minimum absolute atomic E-state index is 0.0546. The second-order valence-corrected chi connectivity index (χ2v) is 7.26. The summed E-state index contributed by atoms with van der Waals surface area (Å²) < 4.78 is 81.9. The van der Waals surface area contributed by atoms with Crippen LogP contribution in [0.25, 0.3) is 0 Å². The van der Waals surface area contributed by atoms with Crippen LogP contribution in [0.2, 0.25) is 0 Å². The smallest absolute Gasteiger partial charge is 0.364 e. The van der Waals surface area contributed by atoms with Gasteiger partial charge in [0.25, 0.3) is 5.56 Å². The average molecular weight is 479 g/mol. The number of carbonyl (C=O) groups excluding carboxylic acids is 1. The molecule has 0 aromatic carbocycles. The van der Waals surface area contributed by atoms with Crippen LogP contribution in [0, 0.1) is 0 Å². The van der Waals surface area contributed by atoms with E-state index in [2.05, 4.69) is 9.97 Å². The Balaban J connectivity index is 1.52. The first-order valence-electron chi connectivity index (χ1n) is 9.69. The number of H-pyrrole nitrogens is 1. The van der Waals surface area contributed by atoms with Crippen molar-refractivity contribution in [2.75, 3.05) is 37.7 Å². The van der Waals surface area contributed by atoms with Gasteiger partial charge in [-0.15, -0.1) is 0 Å². The summed E-state index contributed by atoms with van der Waals surface area (Å²) >= 11 is 0. The summed E-state index contributed by atoms with van der Waals surface area (Å²) in [7, 11) is 0. The van der Waals surface area contributed by atoms with Gasteiger partial charge >= 0.3 is 12.4 Å². The zero-order chi connectivity index (χ0) is 24.4. The number of ether oxygens (including phenoxy) is 1. The molecule has 1 aliphatic rings. The van der Waals surface area contributed by atoms with E-state index < -0.39 is 47.7 Å². The van der Waals surface area contributed by atoms with Crippen LogP contribution in [0.4, 0.5) is 32.3 Å². The Morgan fingerprint density at radius 2 is 1.70 bits per heavy atom. The Morgan fingerprint density at radius 3 is 2.24 bits per heavy atom. The van der Waals surface area contributed by atoms with Gasteiger partial charge < -0.3 is 19.5 Å². The van der Waals surface area contributed by atoms with Gasteiger partial charge in [-0.2, -0.15) is 26.3 Å². The van der Waals surface area contributed by atoms with Gasteiger partial charge in [0.05, 0.1) is 11.7 Å². The summed E-state index contributed by atoms with van der Waals surface area (Å²) in [5.41, 5.74) is -3.54. The van der Waals surface area contributed by atoms with Crippen LogP contribution in [0.15, 0.2) is 29.5 Å². The zero-order valence-electron chi connectivity index (χ0n) is 17.2. The molecule has 3 heterocycles. The summed E-state index contributed by atoms with van der Waals surface area (Å²) in [6.07, 6.45) is -7.78. The third kappa shape index (κ3) is 6.00. The molecule has 1 N–H and O–H groups in total. The zero-order valence-corrected chi connectivity index (χ0v) is 17.2. The Labute approximate surface area is 183 Å². The molecule has 0 radical (unpaired) electrons. The number of nitrogens with zero attached hydrogens (tertiary/aromatic N) is 4. The molecular formula is C19H19F6N5O3. The summed E-state index contributed by atoms with van der Waals surface area (Å²) in [5.74, 6) is -0.297. The molecule has 0 spiro atoms. The minimum atomic E-state index is -4.82.